The average Bonchev–Trinajstić information content (AvgIpc) is 2.60. The zero-order valence-electron chi connectivity index (χ0n) is 13.9. The lowest BCUT2D eigenvalue weighted by Crippen LogP contribution is -2.24. The Morgan fingerprint density at radius 3 is 2.19 bits per heavy atom. The van der Waals surface area contributed by atoms with E-state index in [2.05, 4.69) is 4.74 Å². The highest BCUT2D eigenvalue weighted by molar-refractivity contribution is 6.02. The third kappa shape index (κ3) is 4.69. The van der Waals surface area contributed by atoms with Crippen LogP contribution in [0.4, 0.5) is 8.78 Å². The largest absolute Gasteiger partial charge is 0.507 e. The van der Waals surface area contributed by atoms with E-state index in [1.807, 2.05) is 0 Å². The molecule has 138 valence electrons. The molecule has 0 amide bonds. The van der Waals surface area contributed by atoms with Crippen molar-refractivity contribution in [2.24, 2.45) is 0 Å². The van der Waals surface area contributed by atoms with Gasteiger partial charge in [0.15, 0.2) is 6.10 Å². The SMILES string of the molecule is COc1ccc(C(=O)O[C@H](C)C(=O)c2ccc(OC(F)F)cc2)c(O)c1. The molecular weight excluding hydrogens is 350 g/mol. The minimum absolute atomic E-state index is 0.0932. The van der Waals surface area contributed by atoms with Crippen LogP contribution in [0.1, 0.15) is 27.6 Å². The Balaban J connectivity index is 2.05. The predicted octanol–water partition coefficient (Wildman–Crippen LogP) is 3.43. The molecule has 0 radical (unpaired) electrons. The van der Waals surface area contributed by atoms with Crippen LogP contribution < -0.4 is 9.47 Å². The molecule has 0 spiro atoms. The zero-order chi connectivity index (χ0) is 19.3. The number of benzene rings is 2. The first kappa shape index (κ1) is 19.2. The predicted molar refractivity (Wildman–Crippen MR) is 86.9 cm³/mol. The Bertz CT molecular complexity index is 789. The molecule has 1 N–H and O–H groups in total. The number of Topliss-reactive ketones (excluding diaryl/α,β-unsaturated/α-hetero) is 1. The number of halogens is 2. The maximum atomic E-state index is 12.3. The normalized spacial score (nSPS) is 11.7. The van der Waals surface area contributed by atoms with Crippen LogP contribution in [0.3, 0.4) is 0 Å². The third-order valence-electron chi connectivity index (χ3n) is 3.44. The number of alkyl halides is 2. The topological polar surface area (TPSA) is 82.1 Å². The fraction of sp³-hybridized carbons (Fsp3) is 0.222. The highest BCUT2D eigenvalue weighted by Gasteiger charge is 2.22. The van der Waals surface area contributed by atoms with Crippen molar-refractivity contribution in [3.63, 3.8) is 0 Å². The van der Waals surface area contributed by atoms with Crippen molar-refractivity contribution in [3.05, 3.63) is 53.6 Å². The molecule has 2 rings (SSSR count). The molecule has 0 aliphatic carbocycles. The smallest absolute Gasteiger partial charge is 0.387 e. The fourth-order valence-corrected chi connectivity index (χ4v) is 2.12. The van der Waals surface area contributed by atoms with Gasteiger partial charge in [-0.3, -0.25) is 4.79 Å². The summed E-state index contributed by atoms with van der Waals surface area (Å²) in [4.78, 5) is 24.4. The fourth-order valence-electron chi connectivity index (χ4n) is 2.12. The van der Waals surface area contributed by atoms with Gasteiger partial charge in [0.05, 0.1) is 7.11 Å². The molecular formula is C18H16F2O6. The number of ketones is 1. The Kier molecular flexibility index (Phi) is 6.11. The lowest BCUT2D eigenvalue weighted by atomic mass is 10.1. The van der Waals surface area contributed by atoms with Gasteiger partial charge in [0.1, 0.15) is 22.8 Å². The van der Waals surface area contributed by atoms with E-state index < -0.39 is 24.5 Å². The quantitative estimate of drug-likeness (QED) is 0.597. The van der Waals surface area contributed by atoms with Crippen molar-refractivity contribution in [1.29, 1.82) is 0 Å². The van der Waals surface area contributed by atoms with Crippen molar-refractivity contribution < 1.29 is 37.7 Å². The van der Waals surface area contributed by atoms with Crippen LogP contribution in [-0.4, -0.2) is 36.7 Å². The van der Waals surface area contributed by atoms with Crippen molar-refractivity contribution in [1.82, 2.24) is 0 Å². The number of hydrogen-bond donors (Lipinski definition) is 1. The monoisotopic (exact) mass is 366 g/mol. The van der Waals surface area contributed by atoms with E-state index in [-0.39, 0.29) is 22.6 Å². The minimum atomic E-state index is -2.96. The molecule has 2 aromatic carbocycles. The first-order valence-electron chi connectivity index (χ1n) is 7.49. The lowest BCUT2D eigenvalue weighted by molar-refractivity contribution is -0.0498. The van der Waals surface area contributed by atoms with Crippen molar-refractivity contribution in [2.75, 3.05) is 7.11 Å². The van der Waals surface area contributed by atoms with E-state index in [4.69, 9.17) is 9.47 Å². The van der Waals surface area contributed by atoms with Crippen LogP contribution in [-0.2, 0) is 4.74 Å². The standard InChI is InChI=1S/C18H16F2O6/c1-10(16(22)11-3-5-12(6-4-11)26-18(19)20)25-17(23)14-8-7-13(24-2)9-15(14)21/h3-10,18,21H,1-2H3/t10-/m1/s1. The molecule has 0 aliphatic heterocycles. The van der Waals surface area contributed by atoms with Gasteiger partial charge in [-0.05, 0) is 43.3 Å². The van der Waals surface area contributed by atoms with Crippen molar-refractivity contribution in [3.8, 4) is 17.2 Å². The van der Waals surface area contributed by atoms with Gasteiger partial charge in [-0.2, -0.15) is 8.78 Å². The number of aromatic hydroxyl groups is 1. The number of esters is 1. The Hall–Kier alpha value is -3.16. The van der Waals surface area contributed by atoms with Gasteiger partial charge in [-0.1, -0.05) is 0 Å². The van der Waals surface area contributed by atoms with Crippen LogP contribution in [0.5, 0.6) is 17.2 Å². The van der Waals surface area contributed by atoms with Gasteiger partial charge >= 0.3 is 12.6 Å². The van der Waals surface area contributed by atoms with E-state index in [0.29, 0.717) is 5.75 Å². The molecule has 6 nitrogen and oxygen atoms in total. The molecule has 26 heavy (non-hydrogen) atoms. The molecule has 8 heteroatoms. The van der Waals surface area contributed by atoms with Crippen LogP contribution in [0, 0.1) is 0 Å². The van der Waals surface area contributed by atoms with E-state index >= 15 is 0 Å². The van der Waals surface area contributed by atoms with Gasteiger partial charge in [0, 0.05) is 11.6 Å². The van der Waals surface area contributed by atoms with Crippen LogP contribution in [0.15, 0.2) is 42.5 Å². The summed E-state index contributed by atoms with van der Waals surface area (Å²) >= 11 is 0. The number of phenolic OH excluding ortho intramolecular Hbond substituents is 1. The molecule has 0 aromatic heterocycles. The third-order valence-corrected chi connectivity index (χ3v) is 3.44. The summed E-state index contributed by atoms with van der Waals surface area (Å²) in [7, 11) is 1.41. The van der Waals surface area contributed by atoms with Gasteiger partial charge in [-0.15, -0.1) is 0 Å². The summed E-state index contributed by atoms with van der Waals surface area (Å²) in [5, 5.41) is 9.82. The van der Waals surface area contributed by atoms with Crippen LogP contribution in [0.2, 0.25) is 0 Å². The van der Waals surface area contributed by atoms with Crippen LogP contribution >= 0.6 is 0 Å². The van der Waals surface area contributed by atoms with Gasteiger partial charge in [0.25, 0.3) is 0 Å². The molecule has 2 aromatic rings. The number of rotatable bonds is 7. The molecule has 0 bridgehead atoms. The highest BCUT2D eigenvalue weighted by Crippen LogP contribution is 2.24. The van der Waals surface area contributed by atoms with Gasteiger partial charge in [-0.25, -0.2) is 4.79 Å². The molecule has 1 atom stereocenters. The van der Waals surface area contributed by atoms with E-state index in [1.54, 1.807) is 0 Å². The number of carbonyl (C=O) groups is 2. The summed E-state index contributed by atoms with van der Waals surface area (Å²) in [6.07, 6.45) is -1.15. The summed E-state index contributed by atoms with van der Waals surface area (Å²) in [5.41, 5.74) is 0.0389. The number of carbonyl (C=O) groups excluding carboxylic acids is 2. The summed E-state index contributed by atoms with van der Waals surface area (Å²) in [6, 6.07) is 9.01. The van der Waals surface area contributed by atoms with E-state index in [1.165, 1.54) is 56.5 Å². The highest BCUT2D eigenvalue weighted by atomic mass is 19.3. The zero-order valence-corrected chi connectivity index (χ0v) is 13.9. The second-order valence-corrected chi connectivity index (χ2v) is 5.20. The van der Waals surface area contributed by atoms with Crippen molar-refractivity contribution in [2.45, 2.75) is 19.6 Å². The first-order chi connectivity index (χ1) is 12.3. The maximum absolute atomic E-state index is 12.3. The number of ether oxygens (including phenoxy) is 3. The van der Waals surface area contributed by atoms with Crippen molar-refractivity contribution >= 4 is 11.8 Å². The number of methoxy groups -OCH3 is 1. The maximum Gasteiger partial charge on any atom is 0.387 e. The molecule has 0 saturated carbocycles. The Morgan fingerprint density at radius 2 is 1.65 bits per heavy atom. The summed E-state index contributed by atoms with van der Waals surface area (Å²) in [6.45, 7) is -1.60. The Labute approximate surface area is 147 Å². The molecule has 0 fully saturated rings. The Morgan fingerprint density at radius 1 is 1.04 bits per heavy atom. The molecule has 0 saturated heterocycles. The first-order valence-corrected chi connectivity index (χ1v) is 7.49. The summed E-state index contributed by atoms with van der Waals surface area (Å²) in [5.74, 6) is -1.50. The second-order valence-electron chi connectivity index (χ2n) is 5.20. The summed E-state index contributed by atoms with van der Waals surface area (Å²) < 4.78 is 38.4. The van der Waals surface area contributed by atoms with Gasteiger partial charge < -0.3 is 19.3 Å². The molecule has 0 heterocycles. The van der Waals surface area contributed by atoms with Crippen LogP contribution in [0.25, 0.3) is 0 Å². The molecule has 0 unspecified atom stereocenters. The number of hydrogen-bond acceptors (Lipinski definition) is 6. The number of phenols is 1. The molecule has 0 aliphatic rings. The second kappa shape index (κ2) is 8.28. The lowest BCUT2D eigenvalue weighted by Gasteiger charge is -2.13. The van der Waals surface area contributed by atoms with Gasteiger partial charge in [0.2, 0.25) is 5.78 Å². The van der Waals surface area contributed by atoms with E-state index in [9.17, 15) is 23.5 Å². The average molecular weight is 366 g/mol. The minimum Gasteiger partial charge on any atom is -0.507 e. The van der Waals surface area contributed by atoms with E-state index in [0.717, 1.165) is 0 Å².